The van der Waals surface area contributed by atoms with Crippen molar-refractivity contribution in [3.8, 4) is 0 Å². The summed E-state index contributed by atoms with van der Waals surface area (Å²) in [6.07, 6.45) is -1.22. The van der Waals surface area contributed by atoms with Gasteiger partial charge in [-0.2, -0.15) is 0 Å². The fourth-order valence-corrected chi connectivity index (χ4v) is 4.65. The Hall–Kier alpha value is -3.56. The summed E-state index contributed by atoms with van der Waals surface area (Å²) >= 11 is 0. The molecule has 0 radical (unpaired) electrons. The van der Waals surface area contributed by atoms with E-state index in [1.165, 1.54) is 19.4 Å². The highest BCUT2D eigenvalue weighted by atomic mass is 16.7. The van der Waals surface area contributed by atoms with Crippen LogP contribution in [0.4, 0.5) is 5.69 Å². The van der Waals surface area contributed by atoms with Crippen LogP contribution in [0.15, 0.2) is 78.9 Å². The van der Waals surface area contributed by atoms with Gasteiger partial charge in [-0.25, -0.2) is 0 Å². The van der Waals surface area contributed by atoms with E-state index in [1.807, 2.05) is 60.7 Å². The van der Waals surface area contributed by atoms with Crippen molar-refractivity contribution in [2.75, 3.05) is 18.9 Å². The number of ether oxygens (including phenoxy) is 3. The summed E-state index contributed by atoms with van der Waals surface area (Å²) in [5.74, 6) is -0.938. The minimum Gasteiger partial charge on any atom is -0.453 e. The van der Waals surface area contributed by atoms with Gasteiger partial charge in [0.1, 0.15) is 0 Å². The molecule has 0 aromatic heterocycles. The van der Waals surface area contributed by atoms with Gasteiger partial charge in [-0.1, -0.05) is 66.7 Å². The lowest BCUT2D eigenvalue weighted by atomic mass is 9.99. The van der Waals surface area contributed by atoms with Gasteiger partial charge < -0.3 is 24.6 Å². The lowest BCUT2D eigenvalue weighted by Crippen LogP contribution is -2.37. The van der Waals surface area contributed by atoms with Gasteiger partial charge in [0.25, 0.3) is 5.91 Å². The number of hydrogen-bond acceptors (Lipinski definition) is 7. The quantitative estimate of drug-likeness (QED) is 0.364. The minimum atomic E-state index is -0.913. The molecule has 1 fully saturated rings. The number of rotatable bonds is 10. The van der Waals surface area contributed by atoms with Crippen molar-refractivity contribution in [1.29, 1.82) is 0 Å². The van der Waals surface area contributed by atoms with Crippen LogP contribution in [0.25, 0.3) is 0 Å². The number of hydrogen-bond donors (Lipinski definition) is 2. The summed E-state index contributed by atoms with van der Waals surface area (Å²) in [6, 6.07) is 25.4. The van der Waals surface area contributed by atoms with E-state index >= 15 is 0 Å². The largest absolute Gasteiger partial charge is 0.453 e. The Morgan fingerprint density at radius 3 is 2.44 bits per heavy atom. The van der Waals surface area contributed by atoms with E-state index in [4.69, 9.17) is 14.2 Å². The Kier molecular flexibility index (Phi) is 9.84. The Morgan fingerprint density at radius 2 is 1.74 bits per heavy atom. The average Bonchev–Trinajstić information content (AvgIpc) is 2.93. The summed E-state index contributed by atoms with van der Waals surface area (Å²) in [4.78, 5) is 25.9. The smallest absolute Gasteiger partial charge is 0.303 e. The summed E-state index contributed by atoms with van der Waals surface area (Å²) in [5, 5.41) is 12.2. The van der Waals surface area contributed by atoms with E-state index in [9.17, 15) is 14.7 Å². The van der Waals surface area contributed by atoms with Crippen LogP contribution in [0, 0.1) is 0 Å². The van der Waals surface area contributed by atoms with Crippen LogP contribution in [0.1, 0.15) is 54.9 Å². The number of carbonyl (C=O) groups is 2. The van der Waals surface area contributed by atoms with Crippen molar-refractivity contribution in [2.45, 2.75) is 58.0 Å². The van der Waals surface area contributed by atoms with Crippen LogP contribution in [0.3, 0.4) is 0 Å². The van der Waals surface area contributed by atoms with Gasteiger partial charge in [-0.3, -0.25) is 14.5 Å². The molecule has 3 aromatic rings. The van der Waals surface area contributed by atoms with E-state index in [0.29, 0.717) is 18.7 Å². The Balaban J connectivity index is 1.51. The first kappa shape index (κ1) is 28.4. The number of anilines is 1. The SMILES string of the molecule is CC(=O)O[C@@H](C)C(=O)Nc1cccc([C@@H]2O[C@H](CN(C)Cc3ccccc3)C[C@H](c3ccc(CO)cc3)O2)c1. The molecule has 4 rings (SSSR count). The number of likely N-dealkylation sites (N-methyl/N-ethyl adjacent to an activating group) is 1. The molecule has 0 aliphatic carbocycles. The molecular weight excluding hydrogens is 496 g/mol. The zero-order valence-electron chi connectivity index (χ0n) is 22.6. The Bertz CT molecular complexity index is 1230. The molecule has 1 amide bonds. The molecular formula is C31H36N2O6. The summed E-state index contributed by atoms with van der Waals surface area (Å²) in [7, 11) is 2.08. The zero-order chi connectivity index (χ0) is 27.8. The molecule has 3 aromatic carbocycles. The van der Waals surface area contributed by atoms with Crippen LogP contribution in [0.5, 0.6) is 0 Å². The molecule has 0 unspecified atom stereocenters. The molecule has 0 saturated carbocycles. The van der Waals surface area contributed by atoms with E-state index in [2.05, 4.69) is 29.4 Å². The molecule has 0 spiro atoms. The normalized spacial score (nSPS) is 19.9. The van der Waals surface area contributed by atoms with Gasteiger partial charge in [-0.05, 0) is 42.8 Å². The maximum atomic E-state index is 12.5. The van der Waals surface area contributed by atoms with Crippen LogP contribution in [-0.4, -0.2) is 47.7 Å². The third-order valence-electron chi connectivity index (χ3n) is 6.56. The molecule has 8 nitrogen and oxygen atoms in total. The molecule has 1 saturated heterocycles. The molecule has 39 heavy (non-hydrogen) atoms. The summed E-state index contributed by atoms with van der Waals surface area (Å²) < 4.78 is 17.9. The second-order valence-corrected chi connectivity index (χ2v) is 9.90. The minimum absolute atomic E-state index is 0.0148. The number of esters is 1. The van der Waals surface area contributed by atoms with E-state index in [-0.39, 0.29) is 18.8 Å². The topological polar surface area (TPSA) is 97.3 Å². The lowest BCUT2D eigenvalue weighted by Gasteiger charge is -2.38. The van der Waals surface area contributed by atoms with Gasteiger partial charge in [0.15, 0.2) is 12.4 Å². The molecule has 2 N–H and O–H groups in total. The molecule has 206 valence electrons. The predicted molar refractivity (Wildman–Crippen MR) is 147 cm³/mol. The number of aliphatic hydroxyl groups is 1. The highest BCUT2D eigenvalue weighted by molar-refractivity contribution is 5.95. The molecule has 1 aliphatic rings. The second kappa shape index (κ2) is 13.5. The second-order valence-electron chi connectivity index (χ2n) is 9.90. The van der Waals surface area contributed by atoms with Gasteiger partial charge in [-0.15, -0.1) is 0 Å². The van der Waals surface area contributed by atoms with Crippen LogP contribution < -0.4 is 5.32 Å². The first-order valence-corrected chi connectivity index (χ1v) is 13.1. The standard InChI is InChI=1S/C31H36N2O6/c1-21(37-22(2)35)30(36)32-27-11-7-10-26(16-27)31-38-28(19-33(3)18-23-8-5-4-6-9-23)17-29(39-31)25-14-12-24(20-34)13-15-25/h4-16,21,28-29,31,34H,17-20H2,1-3H3,(H,32,36)/t21-,28-,29+,31+/m0/s1. The maximum absolute atomic E-state index is 12.5. The van der Waals surface area contributed by atoms with Gasteiger partial charge in [0, 0.05) is 37.7 Å². The van der Waals surface area contributed by atoms with Crippen molar-refractivity contribution in [2.24, 2.45) is 0 Å². The van der Waals surface area contributed by atoms with E-state index in [0.717, 1.165) is 23.2 Å². The predicted octanol–water partition coefficient (Wildman–Crippen LogP) is 4.75. The Morgan fingerprint density at radius 1 is 1.00 bits per heavy atom. The number of nitrogens with one attached hydrogen (secondary N) is 1. The fraction of sp³-hybridized carbons (Fsp3) is 0.355. The van der Waals surface area contributed by atoms with E-state index < -0.39 is 24.3 Å². The molecule has 1 heterocycles. The van der Waals surface area contributed by atoms with Gasteiger partial charge in [0.2, 0.25) is 0 Å². The fourth-order valence-electron chi connectivity index (χ4n) is 4.65. The first-order chi connectivity index (χ1) is 18.8. The number of carbonyl (C=O) groups excluding carboxylic acids is 2. The first-order valence-electron chi connectivity index (χ1n) is 13.1. The van der Waals surface area contributed by atoms with Gasteiger partial charge >= 0.3 is 5.97 Å². The number of aliphatic hydroxyl groups excluding tert-OH is 1. The highest BCUT2D eigenvalue weighted by Gasteiger charge is 2.33. The van der Waals surface area contributed by atoms with E-state index in [1.54, 1.807) is 6.07 Å². The third-order valence-corrected chi connectivity index (χ3v) is 6.56. The Labute approximate surface area is 229 Å². The molecule has 0 bridgehead atoms. The number of benzene rings is 3. The average molecular weight is 533 g/mol. The van der Waals surface area contributed by atoms with Crippen LogP contribution >= 0.6 is 0 Å². The monoisotopic (exact) mass is 532 g/mol. The maximum Gasteiger partial charge on any atom is 0.303 e. The van der Waals surface area contributed by atoms with Crippen LogP contribution in [0.2, 0.25) is 0 Å². The number of nitrogens with zero attached hydrogens (tertiary/aromatic N) is 1. The molecule has 4 atom stereocenters. The third kappa shape index (κ3) is 8.21. The van der Waals surface area contributed by atoms with Crippen molar-refractivity contribution >= 4 is 17.6 Å². The summed E-state index contributed by atoms with van der Waals surface area (Å²) in [6.45, 7) is 4.28. The molecule has 1 aliphatic heterocycles. The van der Waals surface area contributed by atoms with Crippen molar-refractivity contribution < 1.29 is 28.9 Å². The van der Waals surface area contributed by atoms with Gasteiger partial charge in [0.05, 0.1) is 18.8 Å². The van der Waals surface area contributed by atoms with Crippen molar-refractivity contribution in [3.63, 3.8) is 0 Å². The van der Waals surface area contributed by atoms with Crippen LogP contribution in [-0.2, 0) is 37.0 Å². The summed E-state index contributed by atoms with van der Waals surface area (Å²) in [5.41, 5.74) is 4.39. The van der Waals surface area contributed by atoms with Crippen molar-refractivity contribution in [1.82, 2.24) is 4.90 Å². The lowest BCUT2D eigenvalue weighted by molar-refractivity contribution is -0.252. The molecule has 8 heteroatoms. The highest BCUT2D eigenvalue weighted by Crippen LogP contribution is 2.38. The van der Waals surface area contributed by atoms with Crippen molar-refractivity contribution in [3.05, 3.63) is 101 Å². The zero-order valence-corrected chi connectivity index (χ0v) is 22.6. The number of amides is 1.